The van der Waals surface area contributed by atoms with Crippen LogP contribution in [-0.4, -0.2) is 42.0 Å². The molecule has 1 N–H and O–H groups in total. The number of hydrogen-bond donors (Lipinski definition) is 1. The summed E-state index contributed by atoms with van der Waals surface area (Å²) in [4.78, 5) is 4.05. The lowest BCUT2D eigenvalue weighted by atomic mass is 10.1. The molecule has 0 fully saturated rings. The Labute approximate surface area is 164 Å². The second-order valence-corrected chi connectivity index (χ2v) is 7.90. The Morgan fingerprint density at radius 1 is 1.14 bits per heavy atom. The molecule has 0 aliphatic heterocycles. The van der Waals surface area contributed by atoms with Gasteiger partial charge in [0.25, 0.3) is 10.0 Å². The van der Waals surface area contributed by atoms with Crippen LogP contribution in [0.2, 0.25) is 0 Å². The zero-order valence-corrected chi connectivity index (χ0v) is 17.0. The minimum Gasteiger partial charge on any atom is -0.493 e. The molecule has 2 aromatic heterocycles. The van der Waals surface area contributed by atoms with E-state index in [1.165, 1.54) is 12.4 Å². The van der Waals surface area contributed by atoms with Crippen LogP contribution in [0.25, 0.3) is 0 Å². The molecule has 9 nitrogen and oxygen atoms in total. The number of rotatable bonds is 8. The van der Waals surface area contributed by atoms with Crippen molar-refractivity contribution in [3.8, 4) is 11.5 Å². The molecular weight excluding hydrogens is 382 g/mol. The number of hydrogen-bond acceptors (Lipinski definition) is 6. The predicted octanol–water partition coefficient (Wildman–Crippen LogP) is 1.99. The first-order chi connectivity index (χ1) is 13.3. The monoisotopic (exact) mass is 405 g/mol. The number of sulfonamides is 1. The van der Waals surface area contributed by atoms with E-state index in [0.29, 0.717) is 36.0 Å². The average molecular weight is 405 g/mol. The van der Waals surface area contributed by atoms with E-state index >= 15 is 0 Å². The van der Waals surface area contributed by atoms with Gasteiger partial charge in [-0.3, -0.25) is 9.40 Å². The third-order valence-electron chi connectivity index (χ3n) is 4.32. The molecule has 10 heteroatoms. The van der Waals surface area contributed by atoms with E-state index in [4.69, 9.17) is 9.47 Å². The van der Waals surface area contributed by atoms with E-state index in [9.17, 15) is 8.42 Å². The zero-order valence-electron chi connectivity index (χ0n) is 16.2. The minimum atomic E-state index is -3.75. The summed E-state index contributed by atoms with van der Waals surface area (Å²) in [5, 5.41) is 4.19. The minimum absolute atomic E-state index is 0.0226. The van der Waals surface area contributed by atoms with Crippen LogP contribution in [-0.2, 0) is 30.0 Å². The van der Waals surface area contributed by atoms with Crippen molar-refractivity contribution in [1.29, 1.82) is 0 Å². The molecule has 0 aliphatic rings. The highest BCUT2D eigenvalue weighted by atomic mass is 32.2. The summed E-state index contributed by atoms with van der Waals surface area (Å²) in [6.45, 7) is 2.32. The molecule has 3 rings (SSSR count). The molecule has 2 heterocycles. The summed E-state index contributed by atoms with van der Waals surface area (Å²) >= 11 is 0. The number of nitrogens with zero attached hydrogens (tertiary/aromatic N) is 4. The van der Waals surface area contributed by atoms with Gasteiger partial charge < -0.3 is 14.0 Å². The van der Waals surface area contributed by atoms with Crippen LogP contribution in [0.5, 0.6) is 11.5 Å². The predicted molar refractivity (Wildman–Crippen MR) is 104 cm³/mol. The van der Waals surface area contributed by atoms with Gasteiger partial charge in [-0.05, 0) is 31.0 Å². The normalized spacial score (nSPS) is 11.4. The van der Waals surface area contributed by atoms with E-state index in [-0.39, 0.29) is 5.03 Å². The first-order valence-electron chi connectivity index (χ1n) is 8.58. The molecule has 0 bridgehead atoms. The number of aryl methyl sites for hydroxylation is 4. The molecule has 0 spiro atoms. The Morgan fingerprint density at radius 3 is 2.54 bits per heavy atom. The molecule has 3 aromatic rings. The highest BCUT2D eigenvalue weighted by Crippen LogP contribution is 2.27. The van der Waals surface area contributed by atoms with Gasteiger partial charge in [0.05, 0.1) is 26.1 Å². The number of anilines is 1. The summed E-state index contributed by atoms with van der Waals surface area (Å²) in [7, 11) is 1.18. The fourth-order valence-corrected chi connectivity index (χ4v) is 3.75. The molecule has 0 atom stereocenters. The quantitative estimate of drug-likeness (QED) is 0.615. The third kappa shape index (κ3) is 4.28. The molecule has 150 valence electrons. The number of benzene rings is 1. The van der Waals surface area contributed by atoms with Crippen molar-refractivity contribution in [2.24, 2.45) is 7.05 Å². The van der Waals surface area contributed by atoms with Crippen molar-refractivity contribution in [1.82, 2.24) is 19.3 Å². The smallest absolute Gasteiger partial charge is 0.281 e. The zero-order chi connectivity index (χ0) is 20.3. The molecule has 0 saturated heterocycles. The lowest BCUT2D eigenvalue weighted by Gasteiger charge is -2.09. The van der Waals surface area contributed by atoms with E-state index < -0.39 is 10.0 Å². The van der Waals surface area contributed by atoms with E-state index in [1.54, 1.807) is 43.6 Å². The van der Waals surface area contributed by atoms with Crippen molar-refractivity contribution in [3.63, 3.8) is 0 Å². The van der Waals surface area contributed by atoms with E-state index in [0.717, 1.165) is 5.56 Å². The number of aromatic nitrogens is 4. The van der Waals surface area contributed by atoms with Crippen molar-refractivity contribution >= 4 is 15.7 Å². The van der Waals surface area contributed by atoms with Crippen molar-refractivity contribution in [3.05, 3.63) is 48.2 Å². The maximum absolute atomic E-state index is 12.4. The molecule has 0 unspecified atom stereocenters. The summed E-state index contributed by atoms with van der Waals surface area (Å²) in [5.41, 5.74) is 1.44. The van der Waals surface area contributed by atoms with Crippen molar-refractivity contribution < 1.29 is 17.9 Å². The second kappa shape index (κ2) is 7.93. The van der Waals surface area contributed by atoms with Crippen molar-refractivity contribution in [2.75, 3.05) is 18.9 Å². The summed E-state index contributed by atoms with van der Waals surface area (Å²) in [6.07, 6.45) is 5.29. The van der Waals surface area contributed by atoms with Crippen LogP contribution in [0.1, 0.15) is 11.4 Å². The fourth-order valence-electron chi connectivity index (χ4n) is 2.68. The average Bonchev–Trinajstić information content (AvgIpc) is 3.26. The van der Waals surface area contributed by atoms with Gasteiger partial charge in [0.15, 0.2) is 16.5 Å². The first-order valence-corrected chi connectivity index (χ1v) is 10.1. The van der Waals surface area contributed by atoms with Gasteiger partial charge in [0.1, 0.15) is 5.82 Å². The third-order valence-corrected chi connectivity index (χ3v) is 5.58. The summed E-state index contributed by atoms with van der Waals surface area (Å²) in [6, 6.07) is 5.72. The Bertz CT molecular complexity index is 1050. The first kappa shape index (κ1) is 19.7. The second-order valence-electron chi connectivity index (χ2n) is 6.27. The van der Waals surface area contributed by atoms with E-state index in [1.807, 2.05) is 18.2 Å². The Balaban J connectivity index is 1.66. The van der Waals surface area contributed by atoms with Crippen LogP contribution in [0.15, 0.2) is 41.8 Å². The lowest BCUT2D eigenvalue weighted by molar-refractivity contribution is 0.354. The fraction of sp³-hybridized carbons (Fsp3) is 0.333. The molecular formula is C18H23N5O4S. The number of methoxy groups -OCH3 is 2. The summed E-state index contributed by atoms with van der Waals surface area (Å²) < 4.78 is 41.3. The van der Waals surface area contributed by atoms with Gasteiger partial charge in [-0.25, -0.2) is 4.98 Å². The van der Waals surface area contributed by atoms with Crippen LogP contribution in [0, 0.1) is 6.92 Å². The standard InChI is InChI=1S/C18H23N5O4S/c1-13-20-18(12-22(13)2)28(24,25)21-15-10-19-23(11-15)8-7-14-5-6-16(26-3)17(9-14)27-4/h5-6,9-12,21H,7-8H2,1-4H3. The van der Waals surface area contributed by atoms with Gasteiger partial charge in [-0.15, -0.1) is 0 Å². The van der Waals surface area contributed by atoms with Gasteiger partial charge in [-0.1, -0.05) is 6.07 Å². The van der Waals surface area contributed by atoms with Crippen LogP contribution in [0.3, 0.4) is 0 Å². The number of ether oxygens (including phenoxy) is 2. The van der Waals surface area contributed by atoms with Gasteiger partial charge in [0.2, 0.25) is 0 Å². The number of imidazole rings is 1. The molecule has 0 aliphatic carbocycles. The highest BCUT2D eigenvalue weighted by Gasteiger charge is 2.19. The molecule has 0 amide bonds. The Morgan fingerprint density at radius 2 is 1.89 bits per heavy atom. The lowest BCUT2D eigenvalue weighted by Crippen LogP contribution is -2.13. The largest absolute Gasteiger partial charge is 0.493 e. The molecule has 0 radical (unpaired) electrons. The van der Waals surface area contributed by atoms with Crippen LogP contribution >= 0.6 is 0 Å². The highest BCUT2D eigenvalue weighted by molar-refractivity contribution is 7.92. The SMILES string of the molecule is COc1ccc(CCn2cc(NS(=O)(=O)c3cn(C)c(C)n3)cn2)cc1OC. The maximum Gasteiger partial charge on any atom is 0.281 e. The molecule has 0 saturated carbocycles. The van der Waals surface area contributed by atoms with E-state index in [2.05, 4.69) is 14.8 Å². The molecule has 1 aromatic carbocycles. The van der Waals surface area contributed by atoms with Gasteiger partial charge in [-0.2, -0.15) is 13.5 Å². The maximum atomic E-state index is 12.4. The summed E-state index contributed by atoms with van der Waals surface area (Å²) in [5.74, 6) is 1.96. The topological polar surface area (TPSA) is 100 Å². The Kier molecular flexibility index (Phi) is 5.59. The van der Waals surface area contributed by atoms with Crippen LogP contribution < -0.4 is 14.2 Å². The van der Waals surface area contributed by atoms with Crippen molar-refractivity contribution in [2.45, 2.75) is 24.9 Å². The van der Waals surface area contributed by atoms with Crippen LogP contribution in [0.4, 0.5) is 5.69 Å². The Hall–Kier alpha value is -3.01. The molecule has 28 heavy (non-hydrogen) atoms. The number of nitrogens with one attached hydrogen (secondary N) is 1. The van der Waals surface area contributed by atoms with Gasteiger partial charge >= 0.3 is 0 Å². The van der Waals surface area contributed by atoms with Gasteiger partial charge in [0, 0.05) is 26.0 Å².